The molecule has 1 heterocycles. The van der Waals surface area contributed by atoms with Crippen LogP contribution < -0.4 is 11.1 Å². The van der Waals surface area contributed by atoms with Gasteiger partial charge in [0.05, 0.1) is 13.2 Å². The Morgan fingerprint density at radius 1 is 1.73 bits per heavy atom. The molecule has 0 bridgehead atoms. The van der Waals surface area contributed by atoms with Crippen LogP contribution in [-0.4, -0.2) is 53.6 Å². The van der Waals surface area contributed by atoms with E-state index in [1.165, 1.54) is 6.92 Å². The van der Waals surface area contributed by atoms with Gasteiger partial charge in [0.2, 0.25) is 5.91 Å². The minimum absolute atomic E-state index is 0.0265. The SMILES string of the molecule is CC(O)(CO)CNC(=O)C1(N)CCOC1. The maximum atomic E-state index is 11.6. The molecule has 1 saturated heterocycles. The van der Waals surface area contributed by atoms with Crippen LogP contribution in [0.4, 0.5) is 0 Å². The van der Waals surface area contributed by atoms with Crippen LogP contribution in [0.15, 0.2) is 0 Å². The number of nitrogens with two attached hydrogens (primary N) is 1. The summed E-state index contributed by atoms with van der Waals surface area (Å²) in [6.45, 7) is 1.66. The lowest BCUT2D eigenvalue weighted by molar-refractivity contribution is -0.127. The van der Waals surface area contributed by atoms with Crippen molar-refractivity contribution in [2.24, 2.45) is 5.73 Å². The zero-order chi connectivity index (χ0) is 11.5. The van der Waals surface area contributed by atoms with E-state index in [-0.39, 0.29) is 19.1 Å². The Balaban J connectivity index is 2.42. The van der Waals surface area contributed by atoms with E-state index in [0.717, 1.165) is 0 Å². The highest BCUT2D eigenvalue weighted by atomic mass is 16.5. The Morgan fingerprint density at radius 3 is 2.87 bits per heavy atom. The van der Waals surface area contributed by atoms with Gasteiger partial charge in [-0.05, 0) is 13.3 Å². The van der Waals surface area contributed by atoms with Crippen LogP contribution in [0.3, 0.4) is 0 Å². The predicted octanol–water partition coefficient (Wildman–Crippen LogP) is -2.04. The second-order valence-electron chi connectivity index (χ2n) is 4.30. The largest absolute Gasteiger partial charge is 0.393 e. The molecule has 6 heteroatoms. The van der Waals surface area contributed by atoms with E-state index in [2.05, 4.69) is 5.32 Å². The van der Waals surface area contributed by atoms with Crippen molar-refractivity contribution in [1.29, 1.82) is 0 Å². The van der Waals surface area contributed by atoms with Gasteiger partial charge >= 0.3 is 0 Å². The molecule has 1 aliphatic heterocycles. The van der Waals surface area contributed by atoms with E-state index in [0.29, 0.717) is 13.0 Å². The zero-order valence-corrected chi connectivity index (χ0v) is 8.82. The van der Waals surface area contributed by atoms with Gasteiger partial charge in [-0.15, -0.1) is 0 Å². The molecular weight excluding hydrogens is 200 g/mol. The summed E-state index contributed by atoms with van der Waals surface area (Å²) < 4.78 is 5.04. The van der Waals surface area contributed by atoms with Gasteiger partial charge in [0.1, 0.15) is 11.1 Å². The Morgan fingerprint density at radius 2 is 2.40 bits per heavy atom. The molecule has 1 rings (SSSR count). The molecule has 0 spiro atoms. The van der Waals surface area contributed by atoms with Gasteiger partial charge < -0.3 is 26.0 Å². The molecule has 0 aliphatic carbocycles. The average Bonchev–Trinajstić information content (AvgIpc) is 2.63. The van der Waals surface area contributed by atoms with Crippen molar-refractivity contribution >= 4 is 5.91 Å². The van der Waals surface area contributed by atoms with Crippen LogP contribution in [0, 0.1) is 0 Å². The molecule has 2 atom stereocenters. The lowest BCUT2D eigenvalue weighted by Gasteiger charge is -2.25. The molecule has 0 aromatic rings. The quantitative estimate of drug-likeness (QED) is 0.435. The highest BCUT2D eigenvalue weighted by Crippen LogP contribution is 2.15. The normalized spacial score (nSPS) is 29.9. The average molecular weight is 218 g/mol. The Kier molecular flexibility index (Phi) is 3.67. The summed E-state index contributed by atoms with van der Waals surface area (Å²) in [5, 5.41) is 20.7. The van der Waals surface area contributed by atoms with Crippen molar-refractivity contribution < 1.29 is 19.7 Å². The highest BCUT2D eigenvalue weighted by molar-refractivity contribution is 5.86. The Hall–Kier alpha value is -0.690. The number of aliphatic hydroxyl groups is 2. The van der Waals surface area contributed by atoms with Crippen molar-refractivity contribution in [3.05, 3.63) is 0 Å². The van der Waals surface area contributed by atoms with Crippen molar-refractivity contribution in [3.63, 3.8) is 0 Å². The molecule has 1 fully saturated rings. The monoisotopic (exact) mass is 218 g/mol. The minimum Gasteiger partial charge on any atom is -0.393 e. The van der Waals surface area contributed by atoms with Gasteiger partial charge in [-0.25, -0.2) is 0 Å². The first kappa shape index (κ1) is 12.4. The maximum absolute atomic E-state index is 11.6. The van der Waals surface area contributed by atoms with Crippen molar-refractivity contribution in [2.45, 2.75) is 24.5 Å². The molecule has 0 aromatic heterocycles. The molecule has 88 valence electrons. The first-order valence-electron chi connectivity index (χ1n) is 4.88. The smallest absolute Gasteiger partial charge is 0.242 e. The first-order valence-corrected chi connectivity index (χ1v) is 4.88. The van der Waals surface area contributed by atoms with Crippen LogP contribution in [-0.2, 0) is 9.53 Å². The Labute approximate surface area is 88.4 Å². The molecule has 0 saturated carbocycles. The first-order chi connectivity index (χ1) is 6.90. The van der Waals surface area contributed by atoms with Crippen LogP contribution in [0.2, 0.25) is 0 Å². The summed E-state index contributed by atoms with van der Waals surface area (Å²) in [7, 11) is 0. The molecule has 5 N–H and O–H groups in total. The van der Waals surface area contributed by atoms with E-state index < -0.39 is 17.7 Å². The number of aliphatic hydroxyl groups excluding tert-OH is 1. The molecular formula is C9H18N2O4. The fraction of sp³-hybridized carbons (Fsp3) is 0.889. The van der Waals surface area contributed by atoms with Crippen LogP contribution in [0.1, 0.15) is 13.3 Å². The van der Waals surface area contributed by atoms with Crippen molar-refractivity contribution in [3.8, 4) is 0 Å². The third kappa shape index (κ3) is 3.13. The number of carbonyl (C=O) groups is 1. The Bertz CT molecular complexity index is 236. The van der Waals surface area contributed by atoms with Crippen molar-refractivity contribution in [1.82, 2.24) is 5.32 Å². The van der Waals surface area contributed by atoms with Gasteiger partial charge in [0.15, 0.2) is 0 Å². The number of amides is 1. The third-order valence-electron chi connectivity index (χ3n) is 2.47. The van der Waals surface area contributed by atoms with Crippen LogP contribution >= 0.6 is 0 Å². The lowest BCUT2D eigenvalue weighted by atomic mass is 9.98. The highest BCUT2D eigenvalue weighted by Gasteiger charge is 2.38. The van der Waals surface area contributed by atoms with Gasteiger partial charge in [-0.3, -0.25) is 4.79 Å². The van der Waals surface area contributed by atoms with Crippen LogP contribution in [0.5, 0.6) is 0 Å². The number of nitrogens with one attached hydrogen (secondary N) is 1. The molecule has 2 unspecified atom stereocenters. The number of hydrogen-bond acceptors (Lipinski definition) is 5. The summed E-state index contributed by atoms with van der Waals surface area (Å²) in [5.41, 5.74) is 3.48. The van der Waals surface area contributed by atoms with Gasteiger partial charge in [-0.1, -0.05) is 0 Å². The van der Waals surface area contributed by atoms with E-state index in [1.807, 2.05) is 0 Å². The molecule has 6 nitrogen and oxygen atoms in total. The second kappa shape index (κ2) is 4.44. The minimum atomic E-state index is -1.31. The molecule has 1 aliphatic rings. The predicted molar refractivity (Wildman–Crippen MR) is 53.1 cm³/mol. The van der Waals surface area contributed by atoms with E-state index in [4.69, 9.17) is 15.6 Å². The summed E-state index contributed by atoms with van der Waals surface area (Å²) in [6, 6.07) is 0. The topological polar surface area (TPSA) is 105 Å². The fourth-order valence-corrected chi connectivity index (χ4v) is 1.26. The molecule has 0 aromatic carbocycles. The van der Waals surface area contributed by atoms with Gasteiger partial charge in [-0.2, -0.15) is 0 Å². The summed E-state index contributed by atoms with van der Waals surface area (Å²) in [5.74, 6) is -0.353. The van der Waals surface area contributed by atoms with E-state index >= 15 is 0 Å². The number of rotatable bonds is 4. The third-order valence-corrected chi connectivity index (χ3v) is 2.47. The fourth-order valence-electron chi connectivity index (χ4n) is 1.26. The standard InChI is InChI=1S/C9H18N2O4/c1-8(14,5-12)4-11-7(13)9(10)2-3-15-6-9/h12,14H,2-6,10H2,1H3,(H,11,13). The van der Waals surface area contributed by atoms with Crippen molar-refractivity contribution in [2.75, 3.05) is 26.4 Å². The molecule has 15 heavy (non-hydrogen) atoms. The van der Waals surface area contributed by atoms with E-state index in [9.17, 15) is 9.90 Å². The number of ether oxygens (including phenoxy) is 1. The van der Waals surface area contributed by atoms with Gasteiger partial charge in [0.25, 0.3) is 0 Å². The summed E-state index contributed by atoms with van der Waals surface area (Å²) in [4.78, 5) is 11.6. The second-order valence-corrected chi connectivity index (χ2v) is 4.30. The summed E-state index contributed by atoms with van der Waals surface area (Å²) >= 11 is 0. The molecule has 1 amide bonds. The molecule has 0 radical (unpaired) electrons. The zero-order valence-electron chi connectivity index (χ0n) is 8.82. The maximum Gasteiger partial charge on any atom is 0.242 e. The lowest BCUT2D eigenvalue weighted by Crippen LogP contribution is -2.57. The van der Waals surface area contributed by atoms with E-state index in [1.54, 1.807) is 0 Å². The number of carbonyl (C=O) groups excluding carboxylic acids is 1. The number of hydrogen-bond donors (Lipinski definition) is 4. The van der Waals surface area contributed by atoms with Crippen LogP contribution in [0.25, 0.3) is 0 Å². The van der Waals surface area contributed by atoms with Gasteiger partial charge in [0, 0.05) is 13.2 Å². The summed E-state index contributed by atoms with van der Waals surface area (Å²) in [6.07, 6.45) is 0.472.